The smallest absolute Gasteiger partial charge is 0.111 e. The maximum absolute atomic E-state index is 4.85. The van der Waals surface area contributed by atoms with Crippen molar-refractivity contribution in [3.8, 4) is 0 Å². The molecule has 1 aliphatic heterocycles. The minimum Gasteiger partial charge on any atom is -0.370 e. The minimum atomic E-state index is 0.307. The summed E-state index contributed by atoms with van der Waals surface area (Å²) in [6, 6.07) is 0. The first-order valence-corrected chi connectivity index (χ1v) is 2.79. The Hall–Kier alpha value is -0.120. The zero-order valence-corrected chi connectivity index (χ0v) is 4.92. The highest BCUT2D eigenvalue weighted by molar-refractivity contribution is 4.65. The molecule has 1 unspecified atom stereocenters. The Balaban J connectivity index is 1.74. The van der Waals surface area contributed by atoms with E-state index in [0.717, 1.165) is 6.61 Å². The van der Waals surface area contributed by atoms with Gasteiger partial charge in [0, 0.05) is 0 Å². The molecule has 0 aromatic rings. The van der Waals surface area contributed by atoms with Gasteiger partial charge in [-0.3, -0.25) is 0 Å². The van der Waals surface area contributed by atoms with Crippen LogP contribution in [0.2, 0.25) is 0 Å². The van der Waals surface area contributed by atoms with Gasteiger partial charge in [-0.15, -0.1) is 0 Å². The molecule has 3 heteroatoms. The van der Waals surface area contributed by atoms with Crippen LogP contribution >= 0.6 is 0 Å². The summed E-state index contributed by atoms with van der Waals surface area (Å²) < 4.78 is 4.85. The second-order valence-electron chi connectivity index (χ2n) is 1.65. The lowest BCUT2D eigenvalue weighted by atomic mass is 10.5. The molecule has 0 aliphatic carbocycles. The Bertz CT molecular complexity index is 60.7. The Morgan fingerprint density at radius 1 is 1.62 bits per heavy atom. The van der Waals surface area contributed by atoms with Crippen molar-refractivity contribution in [2.75, 3.05) is 19.8 Å². The van der Waals surface area contributed by atoms with Crippen molar-refractivity contribution in [3.63, 3.8) is 0 Å². The molecule has 0 amide bonds. The molecule has 0 spiro atoms. The number of ether oxygens (including phenoxy) is 1. The van der Waals surface area contributed by atoms with Gasteiger partial charge in [-0.05, 0) is 6.92 Å². The molecule has 1 fully saturated rings. The second-order valence-corrected chi connectivity index (χ2v) is 1.65. The van der Waals surface area contributed by atoms with Crippen molar-refractivity contribution in [3.05, 3.63) is 0 Å². The van der Waals surface area contributed by atoms with E-state index in [1.165, 1.54) is 0 Å². The van der Waals surface area contributed by atoms with Crippen molar-refractivity contribution in [2.24, 2.45) is 0 Å². The molecule has 1 heterocycles. The van der Waals surface area contributed by atoms with Crippen LogP contribution in [0.1, 0.15) is 6.92 Å². The van der Waals surface area contributed by atoms with E-state index in [-0.39, 0.29) is 0 Å². The molecule has 3 nitrogen and oxygen atoms in total. The van der Waals surface area contributed by atoms with Gasteiger partial charge in [0.25, 0.3) is 0 Å². The van der Waals surface area contributed by atoms with Crippen LogP contribution in [0, 0.1) is 0 Å². The van der Waals surface area contributed by atoms with Crippen LogP contribution in [0.15, 0.2) is 0 Å². The van der Waals surface area contributed by atoms with Gasteiger partial charge in [0.05, 0.1) is 13.2 Å². The zero-order chi connectivity index (χ0) is 5.82. The first kappa shape index (κ1) is 6.01. The lowest BCUT2D eigenvalue weighted by Crippen LogP contribution is -2.01. The molecule has 0 N–H and O–H groups in total. The van der Waals surface area contributed by atoms with Gasteiger partial charge in [0.1, 0.15) is 12.7 Å². The van der Waals surface area contributed by atoms with Crippen molar-refractivity contribution < 1.29 is 14.5 Å². The third-order valence-electron chi connectivity index (χ3n) is 0.857. The largest absolute Gasteiger partial charge is 0.370 e. The quantitative estimate of drug-likeness (QED) is 0.231. The molecule has 0 saturated carbocycles. The number of epoxide rings is 1. The van der Waals surface area contributed by atoms with E-state index in [4.69, 9.17) is 4.74 Å². The third-order valence-corrected chi connectivity index (χ3v) is 0.857. The lowest BCUT2D eigenvalue weighted by Gasteiger charge is -1.95. The highest BCUT2D eigenvalue weighted by atomic mass is 17.2. The third kappa shape index (κ3) is 2.26. The van der Waals surface area contributed by atoms with Gasteiger partial charge in [-0.1, -0.05) is 0 Å². The van der Waals surface area contributed by atoms with Gasteiger partial charge in [-0.2, -0.15) is 0 Å². The minimum absolute atomic E-state index is 0.307. The van der Waals surface area contributed by atoms with Crippen LogP contribution in [0.4, 0.5) is 0 Å². The predicted molar refractivity (Wildman–Crippen MR) is 27.3 cm³/mol. The molecule has 1 atom stereocenters. The SMILES string of the molecule is CCOOCC1CO1. The molecule has 0 aromatic heterocycles. The second kappa shape index (κ2) is 3.02. The number of hydrogen-bond acceptors (Lipinski definition) is 3. The van der Waals surface area contributed by atoms with Gasteiger partial charge < -0.3 is 4.74 Å². The van der Waals surface area contributed by atoms with Crippen molar-refractivity contribution >= 4 is 0 Å². The molecule has 0 bridgehead atoms. The summed E-state index contributed by atoms with van der Waals surface area (Å²) in [5.74, 6) is 0. The monoisotopic (exact) mass is 118 g/mol. The summed E-state index contributed by atoms with van der Waals surface area (Å²) in [6.07, 6.45) is 0.307. The van der Waals surface area contributed by atoms with E-state index in [9.17, 15) is 0 Å². The molecular formula is C5H10O3. The van der Waals surface area contributed by atoms with E-state index >= 15 is 0 Å². The summed E-state index contributed by atoms with van der Waals surface area (Å²) >= 11 is 0. The average Bonchev–Trinajstić information content (AvgIpc) is 2.51. The highest BCUT2D eigenvalue weighted by Gasteiger charge is 2.22. The maximum atomic E-state index is 4.85. The molecule has 0 aromatic carbocycles. The fourth-order valence-electron chi connectivity index (χ4n) is 0.372. The van der Waals surface area contributed by atoms with Gasteiger partial charge in [-0.25, -0.2) is 9.78 Å². The number of rotatable bonds is 4. The average molecular weight is 118 g/mol. The van der Waals surface area contributed by atoms with Gasteiger partial charge in [0.2, 0.25) is 0 Å². The predicted octanol–water partition coefficient (Wildman–Crippen LogP) is 0.353. The summed E-state index contributed by atoms with van der Waals surface area (Å²) in [5.41, 5.74) is 0. The Kier molecular flexibility index (Phi) is 2.27. The van der Waals surface area contributed by atoms with E-state index < -0.39 is 0 Å². The summed E-state index contributed by atoms with van der Waals surface area (Å²) in [6.45, 7) is 3.89. The summed E-state index contributed by atoms with van der Waals surface area (Å²) in [4.78, 5) is 9.29. The van der Waals surface area contributed by atoms with Crippen LogP contribution in [-0.2, 0) is 14.5 Å². The van der Waals surface area contributed by atoms with Crippen LogP contribution < -0.4 is 0 Å². The van der Waals surface area contributed by atoms with E-state index in [2.05, 4.69) is 9.78 Å². The standard InChI is InChI=1S/C5H10O3/c1-2-7-8-4-5-3-6-5/h5H,2-4H2,1H3. The van der Waals surface area contributed by atoms with Crippen LogP contribution in [0.5, 0.6) is 0 Å². The highest BCUT2D eigenvalue weighted by Crippen LogP contribution is 2.08. The van der Waals surface area contributed by atoms with Gasteiger partial charge >= 0.3 is 0 Å². The van der Waals surface area contributed by atoms with Gasteiger partial charge in [0.15, 0.2) is 0 Å². The molecule has 0 radical (unpaired) electrons. The molecule has 8 heavy (non-hydrogen) atoms. The van der Waals surface area contributed by atoms with Crippen molar-refractivity contribution in [2.45, 2.75) is 13.0 Å². The zero-order valence-electron chi connectivity index (χ0n) is 4.92. The lowest BCUT2D eigenvalue weighted by molar-refractivity contribution is -0.292. The fraction of sp³-hybridized carbons (Fsp3) is 1.00. The van der Waals surface area contributed by atoms with Crippen LogP contribution in [0.3, 0.4) is 0 Å². The van der Waals surface area contributed by atoms with E-state index in [0.29, 0.717) is 19.3 Å². The molecule has 1 aliphatic rings. The molecule has 48 valence electrons. The Labute approximate surface area is 48.5 Å². The Morgan fingerprint density at radius 3 is 2.88 bits per heavy atom. The normalized spacial score (nSPS) is 25.9. The van der Waals surface area contributed by atoms with Crippen LogP contribution in [0.25, 0.3) is 0 Å². The summed E-state index contributed by atoms with van der Waals surface area (Å²) in [7, 11) is 0. The summed E-state index contributed by atoms with van der Waals surface area (Å²) in [5, 5.41) is 0. The van der Waals surface area contributed by atoms with Crippen molar-refractivity contribution in [1.29, 1.82) is 0 Å². The molecular weight excluding hydrogens is 108 g/mol. The topological polar surface area (TPSA) is 31.0 Å². The number of hydrogen-bond donors (Lipinski definition) is 0. The van der Waals surface area contributed by atoms with E-state index in [1.54, 1.807) is 0 Å². The first-order chi connectivity index (χ1) is 3.93. The Morgan fingerprint density at radius 2 is 2.38 bits per heavy atom. The molecule has 1 saturated heterocycles. The first-order valence-electron chi connectivity index (χ1n) is 2.79. The van der Waals surface area contributed by atoms with Crippen molar-refractivity contribution in [1.82, 2.24) is 0 Å². The van der Waals surface area contributed by atoms with E-state index in [1.807, 2.05) is 6.92 Å². The maximum Gasteiger partial charge on any atom is 0.111 e. The molecule has 1 rings (SSSR count). The fourth-order valence-corrected chi connectivity index (χ4v) is 0.372. The van der Waals surface area contributed by atoms with Crippen LogP contribution in [-0.4, -0.2) is 25.9 Å².